The first-order valence-corrected chi connectivity index (χ1v) is 8.06. The zero-order valence-corrected chi connectivity index (χ0v) is 14.5. The van der Waals surface area contributed by atoms with Gasteiger partial charge in [-0.3, -0.25) is 4.79 Å². The van der Waals surface area contributed by atoms with Gasteiger partial charge in [-0.05, 0) is 37.0 Å². The molecule has 5 nitrogen and oxygen atoms in total. The number of rotatable bonds is 10. The van der Waals surface area contributed by atoms with Gasteiger partial charge in [0.2, 0.25) is 0 Å². The number of aliphatic hydroxyl groups is 1. The van der Waals surface area contributed by atoms with Crippen LogP contribution in [-0.2, 0) is 16.0 Å². The van der Waals surface area contributed by atoms with E-state index in [9.17, 15) is 9.90 Å². The molecule has 0 spiro atoms. The van der Waals surface area contributed by atoms with Crippen LogP contribution in [0, 0.1) is 0 Å². The van der Waals surface area contributed by atoms with E-state index in [4.69, 9.17) is 14.2 Å². The summed E-state index contributed by atoms with van der Waals surface area (Å²) >= 11 is 0. The van der Waals surface area contributed by atoms with Crippen molar-refractivity contribution >= 4 is 5.97 Å². The highest BCUT2D eigenvalue weighted by Crippen LogP contribution is 2.28. The molecule has 0 aromatic heterocycles. The fourth-order valence-corrected chi connectivity index (χ4v) is 2.57. The number of carbonyl (C=O) groups excluding carboxylic acids is 1. The minimum atomic E-state index is -0.501. The number of hydrogen-bond donors (Lipinski definition) is 1. The number of carbonyl (C=O) groups is 1. The smallest absolute Gasteiger partial charge is 0.302 e. The number of esters is 1. The Balaban J connectivity index is 2.54. The number of hydrogen-bond acceptors (Lipinski definition) is 5. The van der Waals surface area contributed by atoms with Crippen LogP contribution in [0.4, 0.5) is 0 Å². The Labute approximate surface area is 138 Å². The highest BCUT2D eigenvalue weighted by molar-refractivity contribution is 5.66. The second-order valence-corrected chi connectivity index (χ2v) is 5.64. The third-order valence-electron chi connectivity index (χ3n) is 3.69. The molecule has 1 N–H and O–H groups in total. The van der Waals surface area contributed by atoms with E-state index in [1.54, 1.807) is 14.2 Å². The summed E-state index contributed by atoms with van der Waals surface area (Å²) in [7, 11) is 3.20. The highest BCUT2D eigenvalue weighted by Gasteiger charge is 2.17. The largest absolute Gasteiger partial charge is 0.493 e. The molecule has 130 valence electrons. The molecule has 0 heterocycles. The van der Waals surface area contributed by atoms with E-state index in [1.807, 2.05) is 25.1 Å². The zero-order valence-electron chi connectivity index (χ0n) is 14.5. The molecular formula is C18H28O5. The van der Waals surface area contributed by atoms with Crippen LogP contribution in [0.25, 0.3) is 0 Å². The first kappa shape index (κ1) is 19.3. The maximum atomic E-state index is 11.1. The van der Waals surface area contributed by atoms with Crippen molar-refractivity contribution in [1.29, 1.82) is 0 Å². The van der Waals surface area contributed by atoms with Crippen LogP contribution in [0.3, 0.4) is 0 Å². The average Bonchev–Trinajstić information content (AvgIpc) is 2.52. The van der Waals surface area contributed by atoms with Crippen molar-refractivity contribution < 1.29 is 24.1 Å². The molecule has 0 saturated heterocycles. The first-order chi connectivity index (χ1) is 11.0. The minimum absolute atomic E-state index is 0.210. The van der Waals surface area contributed by atoms with Crippen LogP contribution in [-0.4, -0.2) is 37.5 Å². The quantitative estimate of drug-likeness (QED) is 0.670. The van der Waals surface area contributed by atoms with Gasteiger partial charge in [0.15, 0.2) is 11.5 Å². The predicted octanol–water partition coefficient (Wildman–Crippen LogP) is 3.12. The lowest BCUT2D eigenvalue weighted by molar-refractivity contribution is -0.148. The fraction of sp³-hybridized carbons (Fsp3) is 0.611. The summed E-state index contributed by atoms with van der Waals surface area (Å²) in [6.07, 6.45) is 2.78. The molecule has 1 aromatic rings. The lowest BCUT2D eigenvalue weighted by Crippen LogP contribution is -2.23. The molecule has 0 radical (unpaired) electrons. The maximum absolute atomic E-state index is 11.1. The molecule has 23 heavy (non-hydrogen) atoms. The number of methoxy groups -OCH3 is 2. The zero-order chi connectivity index (χ0) is 17.2. The van der Waals surface area contributed by atoms with Crippen molar-refractivity contribution in [1.82, 2.24) is 0 Å². The van der Waals surface area contributed by atoms with Crippen LogP contribution in [0.1, 0.15) is 45.1 Å². The molecular weight excluding hydrogens is 296 g/mol. The van der Waals surface area contributed by atoms with Gasteiger partial charge in [-0.1, -0.05) is 19.4 Å². The number of benzene rings is 1. The summed E-state index contributed by atoms with van der Waals surface area (Å²) in [5, 5.41) is 10.2. The van der Waals surface area contributed by atoms with Gasteiger partial charge in [-0.2, -0.15) is 0 Å². The monoisotopic (exact) mass is 324 g/mol. The number of aliphatic hydroxyl groups excluding tert-OH is 1. The summed E-state index contributed by atoms with van der Waals surface area (Å²) in [5.41, 5.74) is 1.07. The Kier molecular flexibility index (Phi) is 8.48. The summed E-state index contributed by atoms with van der Waals surface area (Å²) in [5.74, 6) is 1.08. The Morgan fingerprint density at radius 3 is 2.43 bits per heavy atom. The summed E-state index contributed by atoms with van der Waals surface area (Å²) in [6, 6.07) is 5.74. The van der Waals surface area contributed by atoms with Crippen LogP contribution >= 0.6 is 0 Å². The average molecular weight is 324 g/mol. The van der Waals surface area contributed by atoms with E-state index in [0.29, 0.717) is 24.3 Å². The number of aryl methyl sites for hydroxylation is 1. The minimum Gasteiger partial charge on any atom is -0.493 e. The molecule has 1 rings (SSSR count). The van der Waals surface area contributed by atoms with E-state index < -0.39 is 6.10 Å². The van der Waals surface area contributed by atoms with Gasteiger partial charge in [0.25, 0.3) is 0 Å². The lowest BCUT2D eigenvalue weighted by atomic mass is 10.0. The van der Waals surface area contributed by atoms with Gasteiger partial charge < -0.3 is 19.3 Å². The molecule has 0 aliphatic carbocycles. The molecule has 1 aromatic carbocycles. The van der Waals surface area contributed by atoms with Crippen molar-refractivity contribution in [3.63, 3.8) is 0 Å². The van der Waals surface area contributed by atoms with Gasteiger partial charge in [-0.15, -0.1) is 0 Å². The van der Waals surface area contributed by atoms with E-state index >= 15 is 0 Å². The van der Waals surface area contributed by atoms with Gasteiger partial charge in [0.1, 0.15) is 6.10 Å². The number of ether oxygens (including phenoxy) is 3. The standard InChI is InChI=1S/C18H28O5/c1-5-6-16(23-13(2)19)12-15(20)9-7-14-8-10-17(21-3)18(11-14)22-4/h8,10-11,15-16,20H,5-7,9,12H2,1-4H3/t15-,16+/m0/s1. The van der Waals surface area contributed by atoms with Crippen LogP contribution < -0.4 is 9.47 Å². The topological polar surface area (TPSA) is 65.0 Å². The van der Waals surface area contributed by atoms with Gasteiger partial charge in [0.05, 0.1) is 20.3 Å². The Morgan fingerprint density at radius 2 is 1.87 bits per heavy atom. The van der Waals surface area contributed by atoms with Gasteiger partial charge in [0, 0.05) is 13.3 Å². The summed E-state index contributed by atoms with van der Waals surface area (Å²) in [6.45, 7) is 3.44. The highest BCUT2D eigenvalue weighted by atomic mass is 16.5. The van der Waals surface area contributed by atoms with E-state index in [0.717, 1.165) is 24.8 Å². The van der Waals surface area contributed by atoms with Gasteiger partial charge >= 0.3 is 5.97 Å². The van der Waals surface area contributed by atoms with Crippen LogP contribution in [0.5, 0.6) is 11.5 Å². The van der Waals surface area contributed by atoms with Crippen LogP contribution in [0.15, 0.2) is 18.2 Å². The lowest BCUT2D eigenvalue weighted by Gasteiger charge is -2.20. The molecule has 5 heteroatoms. The Morgan fingerprint density at radius 1 is 1.17 bits per heavy atom. The fourth-order valence-electron chi connectivity index (χ4n) is 2.57. The third-order valence-corrected chi connectivity index (χ3v) is 3.69. The molecule has 0 bridgehead atoms. The first-order valence-electron chi connectivity index (χ1n) is 8.06. The van der Waals surface area contributed by atoms with Gasteiger partial charge in [-0.25, -0.2) is 0 Å². The summed E-state index contributed by atoms with van der Waals surface area (Å²) in [4.78, 5) is 11.1. The second kappa shape index (κ2) is 10.1. The predicted molar refractivity (Wildman–Crippen MR) is 89.0 cm³/mol. The second-order valence-electron chi connectivity index (χ2n) is 5.64. The Hall–Kier alpha value is -1.75. The molecule has 0 fully saturated rings. The maximum Gasteiger partial charge on any atom is 0.302 e. The molecule has 0 amide bonds. The molecule has 0 unspecified atom stereocenters. The van der Waals surface area contributed by atoms with Crippen molar-refractivity contribution in [2.24, 2.45) is 0 Å². The van der Waals surface area contributed by atoms with Crippen molar-refractivity contribution in [2.45, 2.75) is 58.2 Å². The van der Waals surface area contributed by atoms with Crippen LogP contribution in [0.2, 0.25) is 0 Å². The SMILES string of the molecule is CCC[C@H](C[C@@H](O)CCc1ccc(OC)c(OC)c1)OC(C)=O. The summed E-state index contributed by atoms with van der Waals surface area (Å²) < 4.78 is 15.7. The van der Waals surface area contributed by atoms with E-state index in [-0.39, 0.29) is 12.1 Å². The molecule has 0 saturated carbocycles. The molecule has 0 aliphatic rings. The van der Waals surface area contributed by atoms with Crippen molar-refractivity contribution in [2.75, 3.05) is 14.2 Å². The third kappa shape index (κ3) is 6.91. The van der Waals surface area contributed by atoms with E-state index in [2.05, 4.69) is 0 Å². The normalized spacial score (nSPS) is 13.3. The van der Waals surface area contributed by atoms with E-state index in [1.165, 1.54) is 6.92 Å². The molecule has 0 aliphatic heterocycles. The Bertz CT molecular complexity index is 486. The van der Waals surface area contributed by atoms with Crippen molar-refractivity contribution in [3.05, 3.63) is 23.8 Å². The van der Waals surface area contributed by atoms with Crippen molar-refractivity contribution in [3.8, 4) is 11.5 Å². The molecule has 2 atom stereocenters.